The van der Waals surface area contributed by atoms with Gasteiger partial charge in [0.05, 0.1) is 29.5 Å². The van der Waals surface area contributed by atoms with Gasteiger partial charge in [0.2, 0.25) is 0 Å². The molecule has 2 fully saturated rings. The zero-order valence-corrected chi connectivity index (χ0v) is 17.7. The number of anilines is 1. The Bertz CT molecular complexity index is 1190. The van der Waals surface area contributed by atoms with Crippen LogP contribution >= 0.6 is 0 Å². The summed E-state index contributed by atoms with van der Waals surface area (Å²) in [5, 5.41) is 5.63. The van der Waals surface area contributed by atoms with Crippen LogP contribution in [0.2, 0.25) is 0 Å². The molecule has 3 aromatic rings. The second kappa shape index (κ2) is 8.33. The van der Waals surface area contributed by atoms with Crippen molar-refractivity contribution < 1.29 is 31.1 Å². The maximum Gasteiger partial charge on any atom is 0.422 e. The lowest BCUT2D eigenvalue weighted by atomic mass is 10.0. The summed E-state index contributed by atoms with van der Waals surface area (Å²) in [5.41, 5.74) is 2.08. The molecule has 3 aromatic heterocycles. The van der Waals surface area contributed by atoms with E-state index in [0.29, 0.717) is 28.4 Å². The van der Waals surface area contributed by atoms with Gasteiger partial charge in [0.1, 0.15) is 17.2 Å². The number of aromatic nitrogens is 3. The Labute approximate surface area is 190 Å². The molecule has 0 spiro atoms. The van der Waals surface area contributed by atoms with Crippen LogP contribution in [0.5, 0.6) is 5.75 Å². The van der Waals surface area contributed by atoms with Gasteiger partial charge in [-0.05, 0) is 30.9 Å². The molecule has 0 aromatic carbocycles. The quantitative estimate of drug-likeness (QED) is 0.493. The van der Waals surface area contributed by atoms with E-state index in [1.54, 1.807) is 28.8 Å². The van der Waals surface area contributed by atoms with Crippen molar-refractivity contribution in [3.63, 3.8) is 0 Å². The largest absolute Gasteiger partial charge is 0.484 e. The predicted molar refractivity (Wildman–Crippen MR) is 112 cm³/mol. The first-order valence-corrected chi connectivity index (χ1v) is 10.8. The van der Waals surface area contributed by atoms with Crippen molar-refractivity contribution in [2.75, 3.05) is 25.0 Å². The number of pyridine rings is 2. The standard InChI is InChI=1S/C22H21F6N5O/c23-21(24,25)11-34-18-6-20-30-9-17(33(20)10-13(18)12-4-5-12)15-2-1-3-19(31-15)32-16-8-29-7-14(16)22(26,27)28/h1-3,6,9-10,12,14,16,29H,4-5,7-8,11H2,(H,31,32). The summed E-state index contributed by atoms with van der Waals surface area (Å²) < 4.78 is 84.6. The van der Waals surface area contributed by atoms with Crippen LogP contribution in [0.25, 0.3) is 17.0 Å². The second-order valence-electron chi connectivity index (χ2n) is 8.61. The second-order valence-corrected chi connectivity index (χ2v) is 8.61. The molecule has 34 heavy (non-hydrogen) atoms. The summed E-state index contributed by atoms with van der Waals surface area (Å²) in [5.74, 6) is -0.967. The third kappa shape index (κ3) is 4.77. The van der Waals surface area contributed by atoms with Gasteiger partial charge in [-0.25, -0.2) is 9.97 Å². The summed E-state index contributed by atoms with van der Waals surface area (Å²) in [4.78, 5) is 8.76. The monoisotopic (exact) mass is 485 g/mol. The van der Waals surface area contributed by atoms with E-state index in [4.69, 9.17) is 4.74 Å². The summed E-state index contributed by atoms with van der Waals surface area (Å²) in [6.45, 7) is -1.38. The van der Waals surface area contributed by atoms with E-state index in [-0.39, 0.29) is 24.8 Å². The summed E-state index contributed by atoms with van der Waals surface area (Å²) in [7, 11) is 0. The van der Waals surface area contributed by atoms with E-state index in [0.717, 1.165) is 12.8 Å². The van der Waals surface area contributed by atoms with Gasteiger partial charge in [0.15, 0.2) is 6.61 Å². The molecule has 0 bridgehead atoms. The highest BCUT2D eigenvalue weighted by molar-refractivity contribution is 5.64. The van der Waals surface area contributed by atoms with Crippen molar-refractivity contribution in [3.8, 4) is 17.1 Å². The highest BCUT2D eigenvalue weighted by Gasteiger charge is 2.47. The Hall–Kier alpha value is -3.02. The number of hydrogen-bond acceptors (Lipinski definition) is 5. The lowest BCUT2D eigenvalue weighted by Crippen LogP contribution is -2.38. The molecule has 182 valence electrons. The lowest BCUT2D eigenvalue weighted by Gasteiger charge is -2.22. The SMILES string of the molecule is FC(F)(F)COc1cc2ncc(-c3cccc(NC4CNCC4C(F)(F)F)n3)n2cc1C1CC1. The third-order valence-electron chi connectivity index (χ3n) is 6.03. The van der Waals surface area contributed by atoms with Crippen LogP contribution in [0.4, 0.5) is 32.2 Å². The van der Waals surface area contributed by atoms with E-state index in [2.05, 4.69) is 20.6 Å². The Morgan fingerprint density at radius 2 is 1.91 bits per heavy atom. The van der Waals surface area contributed by atoms with Crippen molar-refractivity contribution in [1.82, 2.24) is 19.7 Å². The van der Waals surface area contributed by atoms with Gasteiger partial charge >= 0.3 is 12.4 Å². The minimum Gasteiger partial charge on any atom is -0.484 e. The minimum absolute atomic E-state index is 0.109. The normalized spacial score (nSPS) is 21.2. The van der Waals surface area contributed by atoms with Crippen LogP contribution < -0.4 is 15.4 Å². The Kier molecular flexibility index (Phi) is 5.58. The molecule has 1 saturated heterocycles. The van der Waals surface area contributed by atoms with Gasteiger partial charge in [-0.2, -0.15) is 26.3 Å². The number of alkyl halides is 6. The molecule has 5 rings (SSSR count). The van der Waals surface area contributed by atoms with E-state index in [9.17, 15) is 26.3 Å². The number of fused-ring (bicyclic) bond motifs is 1. The molecule has 1 aliphatic carbocycles. The number of imidazole rings is 1. The number of halogens is 6. The van der Waals surface area contributed by atoms with Crippen molar-refractivity contribution in [2.45, 2.75) is 37.2 Å². The van der Waals surface area contributed by atoms with Crippen molar-refractivity contribution in [1.29, 1.82) is 0 Å². The van der Waals surface area contributed by atoms with Crippen LogP contribution in [-0.2, 0) is 0 Å². The van der Waals surface area contributed by atoms with Crippen LogP contribution in [0, 0.1) is 5.92 Å². The minimum atomic E-state index is -4.45. The number of nitrogens with zero attached hydrogens (tertiary/aromatic N) is 3. The summed E-state index contributed by atoms with van der Waals surface area (Å²) >= 11 is 0. The zero-order valence-electron chi connectivity index (χ0n) is 17.7. The molecule has 2 aliphatic rings. The van der Waals surface area contributed by atoms with E-state index in [1.807, 2.05) is 0 Å². The Morgan fingerprint density at radius 1 is 1.12 bits per heavy atom. The smallest absolute Gasteiger partial charge is 0.422 e. The summed E-state index contributed by atoms with van der Waals surface area (Å²) in [6.07, 6.45) is -3.84. The van der Waals surface area contributed by atoms with Gasteiger partial charge < -0.3 is 15.4 Å². The van der Waals surface area contributed by atoms with Crippen LogP contribution in [0.3, 0.4) is 0 Å². The molecule has 12 heteroatoms. The fraction of sp³-hybridized carbons (Fsp3) is 0.455. The summed E-state index contributed by atoms with van der Waals surface area (Å²) in [6, 6.07) is 5.60. The average Bonchev–Trinajstić information content (AvgIpc) is 3.35. The fourth-order valence-electron chi connectivity index (χ4n) is 4.22. The van der Waals surface area contributed by atoms with Gasteiger partial charge in [0.25, 0.3) is 0 Å². The number of ether oxygens (including phenoxy) is 1. The molecule has 2 unspecified atom stereocenters. The maximum atomic E-state index is 13.3. The molecule has 2 N–H and O–H groups in total. The van der Waals surface area contributed by atoms with Crippen LogP contribution in [0.1, 0.15) is 24.3 Å². The first-order valence-electron chi connectivity index (χ1n) is 10.8. The first kappa shape index (κ1) is 22.8. The molecule has 4 heterocycles. The molecule has 0 radical (unpaired) electrons. The highest BCUT2D eigenvalue weighted by atomic mass is 19.4. The first-order chi connectivity index (χ1) is 16.1. The number of nitrogens with one attached hydrogen (secondary N) is 2. The molecule has 2 atom stereocenters. The van der Waals surface area contributed by atoms with E-state index >= 15 is 0 Å². The maximum absolute atomic E-state index is 13.3. The number of rotatable bonds is 6. The molecule has 1 aliphatic heterocycles. The molecule has 6 nitrogen and oxygen atoms in total. The van der Waals surface area contributed by atoms with E-state index < -0.39 is 30.9 Å². The Morgan fingerprint density at radius 3 is 2.62 bits per heavy atom. The van der Waals surface area contributed by atoms with Crippen molar-refractivity contribution in [2.24, 2.45) is 5.92 Å². The third-order valence-corrected chi connectivity index (χ3v) is 6.03. The van der Waals surface area contributed by atoms with Gasteiger partial charge in [-0.15, -0.1) is 0 Å². The molecular weight excluding hydrogens is 464 g/mol. The molecule has 0 amide bonds. The predicted octanol–water partition coefficient (Wildman–Crippen LogP) is 4.78. The van der Waals surface area contributed by atoms with Crippen LogP contribution in [-0.4, -0.2) is 52.5 Å². The average molecular weight is 485 g/mol. The highest BCUT2D eigenvalue weighted by Crippen LogP contribution is 2.45. The molecular formula is C22H21F6N5O. The number of hydrogen-bond donors (Lipinski definition) is 2. The molecule has 1 saturated carbocycles. The van der Waals surface area contributed by atoms with E-state index in [1.165, 1.54) is 12.3 Å². The topological polar surface area (TPSA) is 63.5 Å². The lowest BCUT2D eigenvalue weighted by molar-refractivity contribution is -0.170. The van der Waals surface area contributed by atoms with Crippen molar-refractivity contribution in [3.05, 3.63) is 42.2 Å². The fourth-order valence-corrected chi connectivity index (χ4v) is 4.22. The van der Waals surface area contributed by atoms with Gasteiger partial charge in [0, 0.05) is 30.9 Å². The van der Waals surface area contributed by atoms with Gasteiger partial charge in [-0.1, -0.05) is 6.07 Å². The van der Waals surface area contributed by atoms with Gasteiger partial charge in [-0.3, -0.25) is 4.40 Å². The Balaban J connectivity index is 1.44. The zero-order chi connectivity index (χ0) is 24.1. The van der Waals surface area contributed by atoms with Crippen molar-refractivity contribution >= 4 is 11.5 Å². The van der Waals surface area contributed by atoms with Crippen LogP contribution in [0.15, 0.2) is 36.7 Å².